The van der Waals surface area contributed by atoms with E-state index in [0.717, 1.165) is 0 Å². The van der Waals surface area contributed by atoms with Crippen molar-refractivity contribution in [3.8, 4) is 0 Å². The summed E-state index contributed by atoms with van der Waals surface area (Å²) >= 11 is 0. The van der Waals surface area contributed by atoms with Crippen LogP contribution in [0.3, 0.4) is 0 Å². The SMILES string of the molecule is CC(C)(C)OC(=O)NC1(CCS(=O)(=O)Cl)CCOCC1. The second-order valence-corrected chi connectivity index (χ2v) is 8.91. The number of hydrogen-bond donors (Lipinski definition) is 1. The second kappa shape index (κ2) is 6.49. The van der Waals surface area contributed by atoms with Gasteiger partial charge in [0.05, 0.1) is 5.75 Å². The van der Waals surface area contributed by atoms with E-state index in [9.17, 15) is 13.2 Å². The first-order chi connectivity index (χ1) is 9.02. The van der Waals surface area contributed by atoms with E-state index in [-0.39, 0.29) is 12.2 Å². The van der Waals surface area contributed by atoms with E-state index in [4.69, 9.17) is 20.2 Å². The number of carbonyl (C=O) groups is 1. The van der Waals surface area contributed by atoms with E-state index in [1.807, 2.05) is 0 Å². The maximum atomic E-state index is 11.9. The molecule has 0 unspecified atom stereocenters. The Morgan fingerprint density at radius 2 is 1.90 bits per heavy atom. The highest BCUT2D eigenvalue weighted by Gasteiger charge is 2.36. The molecule has 118 valence electrons. The Bertz CT molecular complexity index is 437. The Labute approximate surface area is 124 Å². The predicted octanol–water partition coefficient (Wildman–Crippen LogP) is 2.02. The second-order valence-electron chi connectivity index (χ2n) is 6.01. The zero-order valence-electron chi connectivity index (χ0n) is 12.1. The molecule has 1 saturated heterocycles. The molecular formula is C12H22ClNO5S. The molecule has 1 N–H and O–H groups in total. The zero-order chi connectivity index (χ0) is 15.4. The lowest BCUT2D eigenvalue weighted by Crippen LogP contribution is -2.53. The highest BCUT2D eigenvalue weighted by atomic mass is 35.7. The number of rotatable bonds is 4. The predicted molar refractivity (Wildman–Crippen MR) is 76.4 cm³/mol. The van der Waals surface area contributed by atoms with Crippen LogP contribution in [0.25, 0.3) is 0 Å². The summed E-state index contributed by atoms with van der Waals surface area (Å²) in [5, 5.41) is 2.80. The van der Waals surface area contributed by atoms with Gasteiger partial charge < -0.3 is 14.8 Å². The number of hydrogen-bond acceptors (Lipinski definition) is 5. The Hall–Kier alpha value is -0.530. The van der Waals surface area contributed by atoms with Crippen molar-refractivity contribution in [3.05, 3.63) is 0 Å². The largest absolute Gasteiger partial charge is 0.444 e. The lowest BCUT2D eigenvalue weighted by molar-refractivity contribution is 0.0161. The van der Waals surface area contributed by atoms with Crippen molar-refractivity contribution in [2.24, 2.45) is 0 Å². The molecule has 0 atom stereocenters. The van der Waals surface area contributed by atoms with E-state index >= 15 is 0 Å². The third kappa shape index (κ3) is 6.76. The van der Waals surface area contributed by atoms with Crippen LogP contribution in [0.15, 0.2) is 0 Å². The van der Waals surface area contributed by atoms with Crippen molar-refractivity contribution in [1.82, 2.24) is 5.32 Å². The molecule has 1 aliphatic heterocycles. The highest BCUT2D eigenvalue weighted by molar-refractivity contribution is 8.13. The summed E-state index contributed by atoms with van der Waals surface area (Å²) in [7, 11) is 1.66. The summed E-state index contributed by atoms with van der Waals surface area (Å²) in [6.07, 6.45) is 0.782. The molecule has 1 fully saturated rings. The van der Waals surface area contributed by atoms with E-state index in [0.29, 0.717) is 26.1 Å². The van der Waals surface area contributed by atoms with Gasteiger partial charge in [0.15, 0.2) is 0 Å². The van der Waals surface area contributed by atoms with Gasteiger partial charge in [0.1, 0.15) is 5.60 Å². The molecule has 0 aliphatic carbocycles. The first kappa shape index (κ1) is 17.5. The normalized spacial score (nSPS) is 19.4. The zero-order valence-corrected chi connectivity index (χ0v) is 13.6. The van der Waals surface area contributed by atoms with Crippen LogP contribution in [0.5, 0.6) is 0 Å². The van der Waals surface area contributed by atoms with Crippen molar-refractivity contribution < 1.29 is 22.7 Å². The van der Waals surface area contributed by atoms with Crippen molar-refractivity contribution in [1.29, 1.82) is 0 Å². The average molecular weight is 328 g/mol. The first-order valence-corrected chi connectivity index (χ1v) is 9.01. The quantitative estimate of drug-likeness (QED) is 0.799. The molecule has 6 nitrogen and oxygen atoms in total. The summed E-state index contributed by atoms with van der Waals surface area (Å²) in [5.74, 6) is -0.190. The maximum absolute atomic E-state index is 11.9. The number of amides is 1. The molecule has 0 radical (unpaired) electrons. The van der Waals surface area contributed by atoms with Gasteiger partial charge in [0.2, 0.25) is 9.05 Å². The highest BCUT2D eigenvalue weighted by Crippen LogP contribution is 2.26. The van der Waals surface area contributed by atoms with Gasteiger partial charge in [-0.25, -0.2) is 13.2 Å². The third-order valence-corrected chi connectivity index (χ3v) is 4.20. The molecule has 1 rings (SSSR count). The lowest BCUT2D eigenvalue weighted by Gasteiger charge is -2.38. The molecular weight excluding hydrogens is 306 g/mol. The number of nitrogens with one attached hydrogen (secondary N) is 1. The van der Waals surface area contributed by atoms with Gasteiger partial charge in [0.25, 0.3) is 0 Å². The standard InChI is InChI=1S/C12H22ClNO5S/c1-11(2,3)19-10(15)14-12(4-7-18-8-5-12)6-9-20(13,16)17/h4-9H2,1-3H3,(H,14,15). The molecule has 0 saturated carbocycles. The minimum atomic E-state index is -3.59. The molecule has 1 heterocycles. The van der Waals surface area contributed by atoms with Gasteiger partial charge in [-0.2, -0.15) is 0 Å². The Morgan fingerprint density at radius 3 is 2.35 bits per heavy atom. The van der Waals surface area contributed by atoms with Crippen LogP contribution in [0.1, 0.15) is 40.0 Å². The fourth-order valence-corrected chi connectivity index (χ4v) is 2.90. The summed E-state index contributed by atoms with van der Waals surface area (Å²) < 4.78 is 32.7. The molecule has 1 amide bonds. The fraction of sp³-hybridized carbons (Fsp3) is 0.917. The average Bonchev–Trinajstić information content (AvgIpc) is 2.24. The van der Waals surface area contributed by atoms with Gasteiger partial charge in [-0.05, 0) is 40.0 Å². The monoisotopic (exact) mass is 327 g/mol. The van der Waals surface area contributed by atoms with E-state index in [1.54, 1.807) is 20.8 Å². The van der Waals surface area contributed by atoms with Gasteiger partial charge in [-0.15, -0.1) is 0 Å². The summed E-state index contributed by atoms with van der Waals surface area (Å²) in [6, 6.07) is 0. The van der Waals surface area contributed by atoms with Crippen molar-refractivity contribution in [2.45, 2.75) is 51.2 Å². The van der Waals surface area contributed by atoms with Crippen LogP contribution in [0, 0.1) is 0 Å². The van der Waals surface area contributed by atoms with E-state index < -0.39 is 26.3 Å². The molecule has 8 heteroatoms. The van der Waals surface area contributed by atoms with E-state index in [2.05, 4.69) is 5.32 Å². The Balaban J connectivity index is 2.70. The Kier molecular flexibility index (Phi) is 5.69. The van der Waals surface area contributed by atoms with Crippen LogP contribution >= 0.6 is 10.7 Å². The maximum Gasteiger partial charge on any atom is 0.408 e. The smallest absolute Gasteiger partial charge is 0.408 e. The van der Waals surface area contributed by atoms with Gasteiger partial charge in [0, 0.05) is 29.4 Å². The van der Waals surface area contributed by atoms with E-state index in [1.165, 1.54) is 0 Å². The molecule has 20 heavy (non-hydrogen) atoms. The fourth-order valence-electron chi connectivity index (χ4n) is 2.04. The Morgan fingerprint density at radius 1 is 1.35 bits per heavy atom. The van der Waals surface area contributed by atoms with Crippen LogP contribution in [-0.4, -0.2) is 44.6 Å². The minimum absolute atomic E-state index is 0.190. The summed E-state index contributed by atoms with van der Waals surface area (Å²) in [5.41, 5.74) is -1.24. The summed E-state index contributed by atoms with van der Waals surface area (Å²) in [4.78, 5) is 11.9. The van der Waals surface area contributed by atoms with Crippen LogP contribution in [0.2, 0.25) is 0 Å². The topological polar surface area (TPSA) is 81.7 Å². The number of halogens is 1. The van der Waals surface area contributed by atoms with Gasteiger partial charge in [-0.1, -0.05) is 0 Å². The molecule has 0 aromatic heterocycles. The minimum Gasteiger partial charge on any atom is -0.444 e. The number of carbonyl (C=O) groups excluding carboxylic acids is 1. The van der Waals surface area contributed by atoms with Crippen LogP contribution < -0.4 is 5.32 Å². The number of ether oxygens (including phenoxy) is 2. The van der Waals surface area contributed by atoms with Gasteiger partial charge in [-0.3, -0.25) is 0 Å². The van der Waals surface area contributed by atoms with Crippen LogP contribution in [0.4, 0.5) is 4.79 Å². The lowest BCUT2D eigenvalue weighted by atomic mass is 9.87. The van der Waals surface area contributed by atoms with Crippen LogP contribution in [-0.2, 0) is 18.5 Å². The molecule has 0 aromatic carbocycles. The summed E-state index contributed by atoms with van der Waals surface area (Å²) in [6.45, 7) is 6.25. The van der Waals surface area contributed by atoms with Crippen molar-refractivity contribution >= 4 is 25.8 Å². The number of alkyl carbamates (subject to hydrolysis) is 1. The first-order valence-electron chi connectivity index (χ1n) is 6.53. The van der Waals surface area contributed by atoms with Gasteiger partial charge >= 0.3 is 6.09 Å². The third-order valence-electron chi connectivity index (χ3n) is 3.04. The molecule has 0 spiro atoms. The molecule has 1 aliphatic rings. The molecule has 0 bridgehead atoms. The van der Waals surface area contributed by atoms with Crippen molar-refractivity contribution in [2.75, 3.05) is 19.0 Å². The van der Waals surface area contributed by atoms with Crippen molar-refractivity contribution in [3.63, 3.8) is 0 Å². The molecule has 0 aromatic rings.